The van der Waals surface area contributed by atoms with Crippen molar-refractivity contribution in [3.8, 4) is 0 Å². The van der Waals surface area contributed by atoms with Crippen LogP contribution in [0, 0.1) is 11.8 Å². The maximum absolute atomic E-state index is 12.8. The zero-order valence-electron chi connectivity index (χ0n) is 15.9. The van der Waals surface area contributed by atoms with Crippen LogP contribution >= 0.6 is 0 Å². The summed E-state index contributed by atoms with van der Waals surface area (Å²) in [6, 6.07) is 6.58. The average molecular weight is 347 g/mol. The van der Waals surface area contributed by atoms with Gasteiger partial charge in [-0.3, -0.25) is 9.69 Å². The number of nitrogens with zero attached hydrogens (tertiary/aromatic N) is 1. The Labute approximate surface area is 151 Å². The van der Waals surface area contributed by atoms with Crippen molar-refractivity contribution in [2.45, 2.75) is 52.1 Å². The minimum Gasteiger partial charge on any atom is -0.348 e. The molecule has 3 rings (SSSR count). The van der Waals surface area contributed by atoms with Gasteiger partial charge in [0.05, 0.1) is 6.20 Å². The largest absolute Gasteiger partial charge is 0.348 e. The van der Waals surface area contributed by atoms with Gasteiger partial charge in [-0.15, -0.1) is 0 Å². The molecule has 0 radical (unpaired) electrons. The van der Waals surface area contributed by atoms with E-state index in [9.17, 15) is 4.79 Å². The molecule has 1 aliphatic carbocycles. The molecule has 5 nitrogen and oxygen atoms in total. The Balaban J connectivity index is 1.50. The molecular weight excluding hydrogens is 312 g/mol. The fraction of sp³-hybridized carbons (Fsp3) is 0.700. The van der Waals surface area contributed by atoms with Crippen molar-refractivity contribution in [3.05, 3.63) is 24.4 Å². The van der Waals surface area contributed by atoms with Crippen LogP contribution in [0.15, 0.2) is 24.4 Å². The Bertz CT molecular complexity index is 556. The molecule has 1 amide bonds. The molecule has 2 aliphatic rings. The molecule has 1 aromatic rings. The number of H-pyrrole nitrogens is 1. The first kappa shape index (κ1) is 18.2. The third-order valence-electron chi connectivity index (χ3n) is 6.48. The molecule has 2 heterocycles. The zero-order chi connectivity index (χ0) is 17.8. The third-order valence-corrected chi connectivity index (χ3v) is 6.48. The summed E-state index contributed by atoms with van der Waals surface area (Å²) in [6.07, 6.45) is 5.64. The van der Waals surface area contributed by atoms with Crippen LogP contribution in [0.5, 0.6) is 0 Å². The Morgan fingerprint density at radius 1 is 1.28 bits per heavy atom. The Kier molecular flexibility index (Phi) is 5.94. The minimum absolute atomic E-state index is 0.0336. The predicted molar refractivity (Wildman–Crippen MR) is 99.5 cm³/mol. The van der Waals surface area contributed by atoms with E-state index in [0.717, 1.165) is 32.6 Å². The van der Waals surface area contributed by atoms with Gasteiger partial charge in [0, 0.05) is 12.1 Å². The molecule has 1 saturated heterocycles. The summed E-state index contributed by atoms with van der Waals surface area (Å²) in [5.41, 5.74) is 0. The maximum Gasteiger partial charge on any atom is 0.278 e. The number of amides is 1. The topological polar surface area (TPSA) is 50.9 Å². The van der Waals surface area contributed by atoms with Gasteiger partial charge in [0.15, 0.2) is 6.04 Å². The van der Waals surface area contributed by atoms with Gasteiger partial charge in [-0.2, -0.15) is 0 Å². The third kappa shape index (κ3) is 4.32. The molecule has 25 heavy (non-hydrogen) atoms. The standard InChI is InChI=1S/C20H32N4O/c1-15-7-6-8-18(16(15)2)22-20(25)17(3)23-11-13-24(14-12-23)19-9-4-5-10-21-19/h4-5,9-10,15-18H,6-8,11-14H2,1-3H3,(H,22,25)/p+2/t15-,16+,17+,18+/m0/s1. The zero-order valence-corrected chi connectivity index (χ0v) is 15.9. The van der Waals surface area contributed by atoms with Crippen LogP contribution in [0.3, 0.4) is 0 Å². The van der Waals surface area contributed by atoms with E-state index in [-0.39, 0.29) is 11.9 Å². The van der Waals surface area contributed by atoms with Gasteiger partial charge in [0.1, 0.15) is 26.2 Å². The van der Waals surface area contributed by atoms with Gasteiger partial charge < -0.3 is 10.2 Å². The second-order valence-corrected chi connectivity index (χ2v) is 8.00. The normalized spacial score (nSPS) is 29.2. The van der Waals surface area contributed by atoms with Gasteiger partial charge >= 0.3 is 0 Å². The lowest BCUT2D eigenvalue weighted by atomic mass is 9.78. The van der Waals surface area contributed by atoms with Crippen LogP contribution < -0.4 is 20.1 Å². The van der Waals surface area contributed by atoms with Gasteiger partial charge in [-0.05, 0) is 31.2 Å². The summed E-state index contributed by atoms with van der Waals surface area (Å²) < 4.78 is 0. The van der Waals surface area contributed by atoms with E-state index in [1.807, 2.05) is 12.3 Å². The smallest absolute Gasteiger partial charge is 0.278 e. The summed E-state index contributed by atoms with van der Waals surface area (Å²) in [7, 11) is 0. The Hall–Kier alpha value is -1.62. The maximum atomic E-state index is 12.8. The van der Waals surface area contributed by atoms with Crippen molar-refractivity contribution in [2.75, 3.05) is 31.1 Å². The average Bonchev–Trinajstić information content (AvgIpc) is 2.65. The molecule has 0 bridgehead atoms. The van der Waals surface area contributed by atoms with E-state index in [1.54, 1.807) is 0 Å². The highest BCUT2D eigenvalue weighted by Gasteiger charge is 2.35. The first-order chi connectivity index (χ1) is 12.1. The van der Waals surface area contributed by atoms with Gasteiger partial charge in [0.25, 0.3) is 11.7 Å². The number of aromatic amines is 1. The number of anilines is 1. The highest BCUT2D eigenvalue weighted by molar-refractivity contribution is 5.80. The summed E-state index contributed by atoms with van der Waals surface area (Å²) in [5.74, 6) is 2.71. The molecule has 138 valence electrons. The van der Waals surface area contributed by atoms with E-state index in [0.29, 0.717) is 17.9 Å². The van der Waals surface area contributed by atoms with Crippen LogP contribution in [0.1, 0.15) is 40.0 Å². The van der Waals surface area contributed by atoms with Gasteiger partial charge in [-0.25, -0.2) is 4.98 Å². The van der Waals surface area contributed by atoms with Crippen molar-refractivity contribution < 1.29 is 14.7 Å². The molecule has 1 aromatic heterocycles. The quantitative estimate of drug-likeness (QED) is 0.836. The number of carbonyl (C=O) groups is 1. The highest BCUT2D eigenvalue weighted by Crippen LogP contribution is 2.29. The van der Waals surface area contributed by atoms with Crippen molar-refractivity contribution in [2.24, 2.45) is 11.8 Å². The number of hydrogen-bond donors (Lipinski definition) is 2. The van der Waals surface area contributed by atoms with E-state index in [2.05, 4.69) is 48.1 Å². The van der Waals surface area contributed by atoms with Crippen molar-refractivity contribution in [1.82, 2.24) is 5.32 Å². The van der Waals surface area contributed by atoms with E-state index in [1.165, 1.54) is 23.6 Å². The molecule has 2 fully saturated rings. The van der Waals surface area contributed by atoms with Gasteiger partial charge in [0.2, 0.25) is 0 Å². The van der Waals surface area contributed by atoms with Crippen molar-refractivity contribution >= 4 is 11.7 Å². The minimum atomic E-state index is 0.0336. The predicted octanol–water partition coefficient (Wildman–Crippen LogP) is 0.535. The van der Waals surface area contributed by atoms with Crippen molar-refractivity contribution in [3.63, 3.8) is 0 Å². The molecule has 1 aliphatic heterocycles. The number of aromatic nitrogens is 1. The number of pyridine rings is 1. The fourth-order valence-electron chi connectivity index (χ4n) is 4.33. The summed E-state index contributed by atoms with van der Waals surface area (Å²) >= 11 is 0. The fourth-order valence-corrected chi connectivity index (χ4v) is 4.33. The second-order valence-electron chi connectivity index (χ2n) is 8.00. The van der Waals surface area contributed by atoms with E-state index < -0.39 is 0 Å². The summed E-state index contributed by atoms with van der Waals surface area (Å²) in [6.45, 7) is 10.7. The lowest BCUT2D eigenvalue weighted by molar-refractivity contribution is -0.914. The lowest BCUT2D eigenvalue weighted by Crippen LogP contribution is -3.19. The number of hydrogen-bond acceptors (Lipinski definition) is 2. The molecule has 5 heteroatoms. The summed E-state index contributed by atoms with van der Waals surface area (Å²) in [5, 5.41) is 3.36. The van der Waals surface area contributed by atoms with Crippen LogP contribution in [-0.2, 0) is 4.79 Å². The number of rotatable bonds is 4. The number of nitrogens with one attached hydrogen (secondary N) is 3. The van der Waals surface area contributed by atoms with Crippen LogP contribution in [0.4, 0.5) is 5.82 Å². The van der Waals surface area contributed by atoms with Crippen molar-refractivity contribution in [1.29, 1.82) is 0 Å². The second kappa shape index (κ2) is 8.17. The number of piperazine rings is 1. The highest BCUT2D eigenvalue weighted by atomic mass is 16.2. The summed E-state index contributed by atoms with van der Waals surface area (Å²) in [4.78, 5) is 19.8. The molecule has 1 saturated carbocycles. The molecular formula is C20H34N4O+2. The van der Waals surface area contributed by atoms with Crippen LogP contribution in [0.25, 0.3) is 0 Å². The molecule has 0 unspecified atom stereocenters. The van der Waals surface area contributed by atoms with E-state index in [4.69, 9.17) is 0 Å². The molecule has 0 spiro atoms. The molecule has 0 aromatic carbocycles. The Morgan fingerprint density at radius 2 is 2.04 bits per heavy atom. The molecule has 4 atom stereocenters. The Morgan fingerprint density at radius 3 is 2.72 bits per heavy atom. The number of carbonyl (C=O) groups excluding carboxylic acids is 1. The lowest BCUT2D eigenvalue weighted by Gasteiger charge is -2.36. The molecule has 3 N–H and O–H groups in total. The van der Waals surface area contributed by atoms with E-state index >= 15 is 0 Å². The first-order valence-electron chi connectivity index (χ1n) is 9.93. The first-order valence-corrected chi connectivity index (χ1v) is 9.93. The number of quaternary nitrogens is 1. The SMILES string of the molecule is C[C@@H]1[C@@H](C)CCC[C@H]1NC(=O)[C@@H](C)[NH+]1CCN(c2cccc[nH+]2)CC1. The van der Waals surface area contributed by atoms with Crippen LogP contribution in [-0.4, -0.2) is 44.2 Å². The van der Waals surface area contributed by atoms with Crippen LogP contribution in [0.2, 0.25) is 0 Å². The van der Waals surface area contributed by atoms with Gasteiger partial charge in [-0.1, -0.05) is 32.8 Å². The monoisotopic (exact) mass is 346 g/mol.